The number of carbonyl (C=O) groups excluding carboxylic acids is 2. The molecule has 1 saturated heterocycles. The summed E-state index contributed by atoms with van der Waals surface area (Å²) in [5.74, 6) is 1.20. The fourth-order valence-electron chi connectivity index (χ4n) is 4.07. The Balaban J connectivity index is 1.43. The number of carbonyl (C=O) groups is 2. The van der Waals surface area contributed by atoms with Crippen LogP contribution in [0.25, 0.3) is 0 Å². The van der Waals surface area contributed by atoms with Gasteiger partial charge in [-0.15, -0.1) is 0 Å². The first-order valence-corrected chi connectivity index (χ1v) is 10.5. The maximum atomic E-state index is 13.2. The number of ether oxygens (including phenoxy) is 2. The summed E-state index contributed by atoms with van der Waals surface area (Å²) in [6.45, 7) is 7.09. The van der Waals surface area contributed by atoms with Crippen LogP contribution in [-0.4, -0.2) is 47.9 Å². The molecular formula is C24H28N2O4. The fourth-order valence-corrected chi connectivity index (χ4v) is 4.07. The molecule has 4 rings (SSSR count). The molecule has 1 fully saturated rings. The van der Waals surface area contributed by atoms with Crippen molar-refractivity contribution in [3.8, 4) is 11.5 Å². The molecule has 2 aromatic carbocycles. The van der Waals surface area contributed by atoms with Gasteiger partial charge in [-0.25, -0.2) is 0 Å². The summed E-state index contributed by atoms with van der Waals surface area (Å²) in [6, 6.07) is 13.9. The summed E-state index contributed by atoms with van der Waals surface area (Å²) in [7, 11) is 0. The number of fused-ring (bicyclic) bond motifs is 1. The molecule has 0 spiro atoms. The Bertz CT molecular complexity index is 925. The fraction of sp³-hybridized carbons (Fsp3) is 0.417. The van der Waals surface area contributed by atoms with Gasteiger partial charge in [0.25, 0.3) is 0 Å². The van der Waals surface area contributed by atoms with E-state index in [1.165, 1.54) is 5.56 Å². The third-order valence-electron chi connectivity index (χ3n) is 5.76. The van der Waals surface area contributed by atoms with E-state index < -0.39 is 0 Å². The summed E-state index contributed by atoms with van der Waals surface area (Å²) < 4.78 is 11.4. The monoisotopic (exact) mass is 408 g/mol. The van der Waals surface area contributed by atoms with Crippen LogP contribution in [-0.2, 0) is 22.7 Å². The van der Waals surface area contributed by atoms with Crippen molar-refractivity contribution >= 4 is 11.8 Å². The van der Waals surface area contributed by atoms with E-state index in [0.29, 0.717) is 39.4 Å². The van der Waals surface area contributed by atoms with E-state index in [-0.39, 0.29) is 24.2 Å². The van der Waals surface area contributed by atoms with Gasteiger partial charge in [-0.3, -0.25) is 9.59 Å². The highest BCUT2D eigenvalue weighted by molar-refractivity contribution is 5.89. The van der Waals surface area contributed by atoms with Crippen LogP contribution in [0.5, 0.6) is 11.5 Å². The Kier molecular flexibility index (Phi) is 5.93. The zero-order valence-corrected chi connectivity index (χ0v) is 17.6. The Morgan fingerprint density at radius 1 is 1.13 bits per heavy atom. The highest BCUT2D eigenvalue weighted by atomic mass is 16.6. The quantitative estimate of drug-likeness (QED) is 0.737. The molecule has 2 heterocycles. The normalized spacial score (nSPS) is 17.9. The van der Waals surface area contributed by atoms with Crippen molar-refractivity contribution in [2.75, 3.05) is 26.3 Å². The van der Waals surface area contributed by atoms with Crippen molar-refractivity contribution in [2.24, 2.45) is 5.92 Å². The van der Waals surface area contributed by atoms with Crippen molar-refractivity contribution in [1.29, 1.82) is 0 Å². The summed E-state index contributed by atoms with van der Waals surface area (Å²) in [5, 5.41) is 0. The molecule has 2 aromatic rings. The standard InChI is InChI=1S/C24H28N2O4/c1-3-25(15-19-5-4-6-21-23(19)30-12-11-29-21)24(28)20-13-22(27)26(16-20)14-18-9-7-17(2)8-10-18/h4-10,20H,3,11-16H2,1-2H3. The van der Waals surface area contributed by atoms with E-state index in [0.717, 1.165) is 22.6 Å². The molecule has 2 aliphatic heterocycles. The molecule has 1 unspecified atom stereocenters. The number of hydrogen-bond donors (Lipinski definition) is 0. The SMILES string of the molecule is CCN(Cc1cccc2c1OCCO2)C(=O)C1CC(=O)N(Cc2ccc(C)cc2)C1. The van der Waals surface area contributed by atoms with Gasteiger partial charge in [-0.05, 0) is 25.5 Å². The van der Waals surface area contributed by atoms with Crippen LogP contribution in [0.2, 0.25) is 0 Å². The van der Waals surface area contributed by atoms with Crippen LogP contribution in [0.15, 0.2) is 42.5 Å². The first-order chi connectivity index (χ1) is 14.5. The number of amides is 2. The number of aryl methyl sites for hydroxylation is 1. The molecule has 30 heavy (non-hydrogen) atoms. The largest absolute Gasteiger partial charge is 0.486 e. The molecule has 1 atom stereocenters. The molecule has 0 saturated carbocycles. The summed E-state index contributed by atoms with van der Waals surface area (Å²) >= 11 is 0. The molecular weight excluding hydrogens is 380 g/mol. The minimum atomic E-state index is -0.306. The van der Waals surface area contributed by atoms with Gasteiger partial charge < -0.3 is 19.3 Å². The molecule has 2 aliphatic rings. The Hall–Kier alpha value is -3.02. The van der Waals surface area contributed by atoms with Gasteiger partial charge >= 0.3 is 0 Å². The van der Waals surface area contributed by atoms with Gasteiger partial charge in [0.05, 0.1) is 5.92 Å². The van der Waals surface area contributed by atoms with Crippen molar-refractivity contribution in [3.05, 3.63) is 59.2 Å². The minimum Gasteiger partial charge on any atom is -0.486 e. The molecule has 0 bridgehead atoms. The Morgan fingerprint density at radius 2 is 1.90 bits per heavy atom. The lowest BCUT2D eigenvalue weighted by Crippen LogP contribution is -2.37. The molecule has 0 aromatic heterocycles. The molecule has 2 amide bonds. The van der Waals surface area contributed by atoms with Crippen LogP contribution < -0.4 is 9.47 Å². The molecule has 0 radical (unpaired) electrons. The van der Waals surface area contributed by atoms with E-state index >= 15 is 0 Å². The molecule has 0 N–H and O–H groups in total. The maximum absolute atomic E-state index is 13.2. The van der Waals surface area contributed by atoms with E-state index in [9.17, 15) is 9.59 Å². The Labute approximate surface area is 177 Å². The summed E-state index contributed by atoms with van der Waals surface area (Å²) in [4.78, 5) is 29.4. The van der Waals surface area contributed by atoms with E-state index in [1.807, 2.05) is 56.3 Å². The maximum Gasteiger partial charge on any atom is 0.228 e. The second-order valence-corrected chi connectivity index (χ2v) is 7.95. The van der Waals surface area contributed by atoms with Gasteiger partial charge in [0, 0.05) is 38.2 Å². The predicted molar refractivity (Wildman–Crippen MR) is 113 cm³/mol. The highest BCUT2D eigenvalue weighted by Crippen LogP contribution is 2.34. The zero-order chi connectivity index (χ0) is 21.1. The number of hydrogen-bond acceptors (Lipinski definition) is 4. The topological polar surface area (TPSA) is 59.1 Å². The summed E-state index contributed by atoms with van der Waals surface area (Å²) in [5.41, 5.74) is 3.21. The Morgan fingerprint density at radius 3 is 2.67 bits per heavy atom. The number of likely N-dealkylation sites (tertiary alicyclic amines) is 1. The number of para-hydroxylation sites is 1. The highest BCUT2D eigenvalue weighted by Gasteiger charge is 2.36. The molecule has 158 valence electrons. The lowest BCUT2D eigenvalue weighted by Gasteiger charge is -2.27. The van der Waals surface area contributed by atoms with Crippen LogP contribution in [0, 0.1) is 12.8 Å². The van der Waals surface area contributed by atoms with Gasteiger partial charge in [0.1, 0.15) is 13.2 Å². The first kappa shape index (κ1) is 20.3. The average molecular weight is 408 g/mol. The van der Waals surface area contributed by atoms with Gasteiger partial charge in [-0.1, -0.05) is 42.0 Å². The predicted octanol–water partition coefficient (Wildman–Crippen LogP) is 3.16. The van der Waals surface area contributed by atoms with E-state index in [2.05, 4.69) is 0 Å². The van der Waals surface area contributed by atoms with Crippen molar-refractivity contribution in [3.63, 3.8) is 0 Å². The minimum absolute atomic E-state index is 0.0200. The van der Waals surface area contributed by atoms with Crippen LogP contribution in [0.1, 0.15) is 30.0 Å². The first-order valence-electron chi connectivity index (χ1n) is 10.5. The van der Waals surface area contributed by atoms with Crippen LogP contribution in [0.4, 0.5) is 0 Å². The lowest BCUT2D eigenvalue weighted by molar-refractivity contribution is -0.136. The second-order valence-electron chi connectivity index (χ2n) is 7.95. The average Bonchev–Trinajstić information content (AvgIpc) is 3.13. The zero-order valence-electron chi connectivity index (χ0n) is 17.6. The van der Waals surface area contributed by atoms with E-state index in [4.69, 9.17) is 9.47 Å². The van der Waals surface area contributed by atoms with Crippen LogP contribution in [0.3, 0.4) is 0 Å². The smallest absolute Gasteiger partial charge is 0.228 e. The van der Waals surface area contributed by atoms with Gasteiger partial charge in [-0.2, -0.15) is 0 Å². The van der Waals surface area contributed by atoms with Crippen molar-refractivity contribution in [2.45, 2.75) is 33.4 Å². The van der Waals surface area contributed by atoms with E-state index in [1.54, 1.807) is 9.80 Å². The second kappa shape index (κ2) is 8.78. The number of benzene rings is 2. The number of nitrogens with zero attached hydrogens (tertiary/aromatic N) is 2. The molecule has 6 nitrogen and oxygen atoms in total. The number of rotatable bonds is 6. The molecule has 6 heteroatoms. The third kappa shape index (κ3) is 4.27. The lowest BCUT2D eigenvalue weighted by atomic mass is 10.1. The van der Waals surface area contributed by atoms with Crippen LogP contribution >= 0.6 is 0 Å². The van der Waals surface area contributed by atoms with Crippen molar-refractivity contribution in [1.82, 2.24) is 9.80 Å². The van der Waals surface area contributed by atoms with Crippen molar-refractivity contribution < 1.29 is 19.1 Å². The third-order valence-corrected chi connectivity index (χ3v) is 5.76. The molecule has 0 aliphatic carbocycles. The van der Waals surface area contributed by atoms with Gasteiger partial charge in [0.2, 0.25) is 11.8 Å². The van der Waals surface area contributed by atoms with Gasteiger partial charge in [0.15, 0.2) is 11.5 Å². The summed E-state index contributed by atoms with van der Waals surface area (Å²) in [6.07, 6.45) is 0.272.